The number of hydrogen-bond donors (Lipinski definition) is 2. The van der Waals surface area contributed by atoms with E-state index in [-0.39, 0.29) is 12.1 Å². The number of aryl methyl sites for hydroxylation is 1. The Labute approximate surface area is 152 Å². The zero-order valence-corrected chi connectivity index (χ0v) is 14.6. The third-order valence-corrected chi connectivity index (χ3v) is 5.49. The van der Waals surface area contributed by atoms with Crippen LogP contribution in [0.4, 0.5) is 5.69 Å². The summed E-state index contributed by atoms with van der Waals surface area (Å²) in [6, 6.07) is 15.3. The molecule has 1 saturated heterocycles. The third kappa shape index (κ3) is 2.57. The second-order valence-corrected chi connectivity index (χ2v) is 7.17. The van der Waals surface area contributed by atoms with Gasteiger partial charge in [0.2, 0.25) is 5.82 Å². The molecular weight excluding hydrogens is 326 g/mol. The van der Waals surface area contributed by atoms with Crippen molar-refractivity contribution in [1.82, 2.24) is 20.6 Å². The predicted molar refractivity (Wildman–Crippen MR) is 98.6 cm³/mol. The van der Waals surface area contributed by atoms with Gasteiger partial charge < -0.3 is 10.1 Å². The lowest BCUT2D eigenvalue weighted by Gasteiger charge is -2.43. The molecular formula is C20H21N5O. The highest BCUT2D eigenvalue weighted by Gasteiger charge is 2.39. The van der Waals surface area contributed by atoms with Crippen molar-refractivity contribution in [1.29, 1.82) is 0 Å². The molecule has 0 radical (unpaired) electrons. The number of nitrogens with one attached hydrogen (secondary N) is 2. The van der Waals surface area contributed by atoms with E-state index in [4.69, 9.17) is 4.74 Å². The largest absolute Gasteiger partial charge is 0.378 e. The van der Waals surface area contributed by atoms with Crippen LogP contribution in [0.25, 0.3) is 11.4 Å². The van der Waals surface area contributed by atoms with Crippen LogP contribution in [0, 0.1) is 12.8 Å². The van der Waals surface area contributed by atoms with Gasteiger partial charge in [0.1, 0.15) is 0 Å². The first kappa shape index (κ1) is 15.5. The highest BCUT2D eigenvalue weighted by Crippen LogP contribution is 2.49. The minimum atomic E-state index is 0.168. The van der Waals surface area contributed by atoms with Gasteiger partial charge in [-0.05, 0) is 36.6 Å². The minimum Gasteiger partial charge on any atom is -0.378 e. The molecule has 2 N–H and O–H groups in total. The summed E-state index contributed by atoms with van der Waals surface area (Å²) in [5.74, 6) is 1.06. The summed E-state index contributed by atoms with van der Waals surface area (Å²) in [6.07, 6.45) is 2.45. The van der Waals surface area contributed by atoms with E-state index >= 15 is 0 Å². The number of nitrogens with zero attached hydrogens (tertiary/aromatic N) is 3. The Hall–Kier alpha value is -2.73. The standard InChI is InChI=1S/C20H21N5O/c1-12-4-9-17-16(11-12)19-15(3-2-10-26-19)18(21-17)13-5-7-14(8-6-13)20-22-24-25-23-20/h4-9,11,15,18-19,21H,2-3,10H2,1H3,(H,22,23,24,25)/t15-,18-,19-/m1/s1. The SMILES string of the molecule is Cc1ccc2c(c1)[C@@H]1OCCC[C@@H]1[C@@H](c1ccc(-c3nn[nH]n3)cc1)N2. The van der Waals surface area contributed by atoms with Crippen molar-refractivity contribution in [3.05, 3.63) is 59.2 Å². The fraction of sp³-hybridized carbons (Fsp3) is 0.350. The molecule has 26 heavy (non-hydrogen) atoms. The molecule has 0 aliphatic carbocycles. The number of ether oxygens (including phenoxy) is 1. The van der Waals surface area contributed by atoms with Gasteiger partial charge in [-0.2, -0.15) is 5.21 Å². The van der Waals surface area contributed by atoms with Gasteiger partial charge in [0.25, 0.3) is 0 Å². The highest BCUT2D eigenvalue weighted by atomic mass is 16.5. The lowest BCUT2D eigenvalue weighted by atomic mass is 9.77. The van der Waals surface area contributed by atoms with Crippen molar-refractivity contribution in [2.75, 3.05) is 11.9 Å². The summed E-state index contributed by atoms with van der Waals surface area (Å²) in [5.41, 5.74) is 6.00. The van der Waals surface area contributed by atoms with Crippen LogP contribution in [-0.2, 0) is 4.74 Å². The molecule has 132 valence electrons. The number of anilines is 1. The van der Waals surface area contributed by atoms with Gasteiger partial charge in [-0.25, -0.2) is 0 Å². The van der Waals surface area contributed by atoms with Crippen LogP contribution < -0.4 is 5.32 Å². The number of aromatic amines is 1. The van der Waals surface area contributed by atoms with Crippen LogP contribution in [0.5, 0.6) is 0 Å². The first-order valence-electron chi connectivity index (χ1n) is 9.12. The Morgan fingerprint density at radius 2 is 2.00 bits per heavy atom. The molecule has 5 rings (SSSR count). The van der Waals surface area contributed by atoms with Crippen LogP contribution in [-0.4, -0.2) is 27.2 Å². The highest BCUT2D eigenvalue weighted by molar-refractivity contribution is 5.59. The van der Waals surface area contributed by atoms with Gasteiger partial charge in [0.05, 0.1) is 12.1 Å². The fourth-order valence-corrected chi connectivity index (χ4v) is 4.24. The van der Waals surface area contributed by atoms with E-state index in [0.29, 0.717) is 11.7 Å². The minimum absolute atomic E-state index is 0.168. The van der Waals surface area contributed by atoms with Crippen molar-refractivity contribution in [2.45, 2.75) is 31.9 Å². The lowest BCUT2D eigenvalue weighted by molar-refractivity contribution is -0.0381. The third-order valence-electron chi connectivity index (χ3n) is 5.49. The number of H-pyrrole nitrogens is 1. The molecule has 6 nitrogen and oxygen atoms in total. The molecule has 0 unspecified atom stereocenters. The number of tetrazole rings is 1. The molecule has 3 aromatic rings. The summed E-state index contributed by atoms with van der Waals surface area (Å²) in [4.78, 5) is 0. The van der Waals surface area contributed by atoms with E-state index in [1.165, 1.54) is 28.8 Å². The second-order valence-electron chi connectivity index (χ2n) is 7.17. The molecule has 0 spiro atoms. The zero-order chi connectivity index (χ0) is 17.5. The molecule has 3 atom stereocenters. The quantitative estimate of drug-likeness (QED) is 0.737. The average molecular weight is 347 g/mol. The van der Waals surface area contributed by atoms with Crippen molar-refractivity contribution in [2.24, 2.45) is 5.92 Å². The second kappa shape index (κ2) is 6.21. The van der Waals surface area contributed by atoms with E-state index in [9.17, 15) is 0 Å². The molecule has 1 fully saturated rings. The van der Waals surface area contributed by atoms with E-state index < -0.39 is 0 Å². The Balaban J connectivity index is 1.51. The van der Waals surface area contributed by atoms with E-state index in [1.54, 1.807) is 0 Å². The van der Waals surface area contributed by atoms with E-state index in [0.717, 1.165) is 18.6 Å². The molecule has 6 heteroatoms. The summed E-state index contributed by atoms with van der Waals surface area (Å²) in [7, 11) is 0. The lowest BCUT2D eigenvalue weighted by Crippen LogP contribution is -2.36. The van der Waals surface area contributed by atoms with Gasteiger partial charge in [-0.15, -0.1) is 10.2 Å². The summed E-state index contributed by atoms with van der Waals surface area (Å²) in [5, 5.41) is 18.0. The first-order valence-corrected chi connectivity index (χ1v) is 9.12. The monoisotopic (exact) mass is 347 g/mol. The zero-order valence-electron chi connectivity index (χ0n) is 14.6. The molecule has 0 saturated carbocycles. The van der Waals surface area contributed by atoms with Crippen LogP contribution in [0.2, 0.25) is 0 Å². The maximum Gasteiger partial charge on any atom is 0.204 e. The van der Waals surface area contributed by atoms with Crippen LogP contribution in [0.15, 0.2) is 42.5 Å². The fourth-order valence-electron chi connectivity index (χ4n) is 4.24. The summed E-state index contributed by atoms with van der Waals surface area (Å²) in [6.45, 7) is 2.99. The molecule has 3 heterocycles. The molecule has 2 aliphatic rings. The smallest absolute Gasteiger partial charge is 0.204 e. The number of benzene rings is 2. The Morgan fingerprint density at radius 3 is 2.81 bits per heavy atom. The van der Waals surface area contributed by atoms with Crippen LogP contribution >= 0.6 is 0 Å². The first-order chi connectivity index (χ1) is 12.8. The molecule has 0 amide bonds. The number of hydrogen-bond acceptors (Lipinski definition) is 5. The van der Waals surface area contributed by atoms with Crippen molar-refractivity contribution in [3.63, 3.8) is 0 Å². The summed E-state index contributed by atoms with van der Waals surface area (Å²) >= 11 is 0. The molecule has 0 bridgehead atoms. The maximum atomic E-state index is 6.23. The van der Waals surface area contributed by atoms with E-state index in [1.807, 2.05) is 0 Å². The molecule has 2 aromatic carbocycles. The molecule has 1 aromatic heterocycles. The van der Waals surface area contributed by atoms with Crippen LogP contribution in [0.3, 0.4) is 0 Å². The maximum absolute atomic E-state index is 6.23. The average Bonchev–Trinajstić information content (AvgIpc) is 3.22. The van der Waals surface area contributed by atoms with Crippen molar-refractivity contribution >= 4 is 5.69 Å². The summed E-state index contributed by atoms with van der Waals surface area (Å²) < 4.78 is 6.23. The van der Waals surface area contributed by atoms with Gasteiger partial charge in [-0.3, -0.25) is 0 Å². The topological polar surface area (TPSA) is 75.7 Å². The normalized spacial score (nSPS) is 24.4. The predicted octanol–water partition coefficient (Wildman–Crippen LogP) is 3.81. The number of rotatable bonds is 2. The Kier molecular flexibility index (Phi) is 3.71. The molecule has 2 aliphatic heterocycles. The van der Waals surface area contributed by atoms with Crippen molar-refractivity contribution in [3.8, 4) is 11.4 Å². The number of fused-ring (bicyclic) bond motifs is 3. The van der Waals surface area contributed by atoms with Gasteiger partial charge in [0.15, 0.2) is 0 Å². The van der Waals surface area contributed by atoms with Crippen LogP contribution in [0.1, 0.15) is 41.7 Å². The Morgan fingerprint density at radius 1 is 1.12 bits per heavy atom. The van der Waals surface area contributed by atoms with Crippen molar-refractivity contribution < 1.29 is 4.74 Å². The van der Waals surface area contributed by atoms with Gasteiger partial charge in [0, 0.05) is 29.3 Å². The Bertz CT molecular complexity index is 906. The van der Waals surface area contributed by atoms with Gasteiger partial charge in [-0.1, -0.05) is 42.0 Å². The van der Waals surface area contributed by atoms with Gasteiger partial charge >= 0.3 is 0 Å². The van der Waals surface area contributed by atoms with E-state index in [2.05, 4.69) is 75.3 Å². The number of aromatic nitrogens is 4.